The Balaban J connectivity index is 1.36. The Bertz CT molecular complexity index is 947. The predicted octanol–water partition coefficient (Wildman–Crippen LogP) is 3.09. The Hall–Kier alpha value is -3.15. The Kier molecular flexibility index (Phi) is 3.93. The molecule has 0 saturated carbocycles. The fraction of sp³-hybridized carbons (Fsp3) is 0.211. The van der Waals surface area contributed by atoms with Gasteiger partial charge in [0, 0.05) is 29.1 Å². The van der Waals surface area contributed by atoms with E-state index in [1.54, 1.807) is 6.20 Å². The summed E-state index contributed by atoms with van der Waals surface area (Å²) in [6, 6.07) is 13.4. The molecule has 6 heteroatoms. The smallest absolute Gasteiger partial charge is 0.227 e. The zero-order valence-corrected chi connectivity index (χ0v) is 13.6. The molecule has 2 aromatic carbocycles. The molecule has 1 unspecified atom stereocenters. The van der Waals surface area contributed by atoms with Crippen LogP contribution in [0.5, 0.6) is 0 Å². The summed E-state index contributed by atoms with van der Waals surface area (Å²) in [4.78, 5) is 24.4. The van der Waals surface area contributed by atoms with Crippen molar-refractivity contribution in [3.63, 3.8) is 0 Å². The van der Waals surface area contributed by atoms with Crippen LogP contribution in [0.4, 0.5) is 11.4 Å². The topological polar surface area (TPSA) is 86.9 Å². The van der Waals surface area contributed by atoms with Gasteiger partial charge in [-0.05, 0) is 42.7 Å². The number of aromatic nitrogens is 2. The molecule has 0 radical (unpaired) electrons. The Morgan fingerprint density at radius 1 is 1.24 bits per heavy atom. The van der Waals surface area contributed by atoms with Crippen molar-refractivity contribution in [2.75, 3.05) is 10.6 Å². The van der Waals surface area contributed by atoms with Gasteiger partial charge in [-0.25, -0.2) is 0 Å². The summed E-state index contributed by atoms with van der Waals surface area (Å²) in [5, 5.41) is 13.6. The molecule has 1 aliphatic heterocycles. The largest absolute Gasteiger partial charge is 0.326 e. The standard InChI is InChI=1S/C19H18N4O2/c24-18(21-15-6-7-17-14(10-15)11-20-23-17)8-5-13-9-12-3-1-2-4-16(12)22-19(13)25/h1-4,6-7,10-11,13H,5,8-9H2,(H,20,23)(H,21,24)(H,22,25). The number of rotatable bonds is 4. The third-order valence-corrected chi connectivity index (χ3v) is 4.56. The van der Waals surface area contributed by atoms with Gasteiger partial charge in [-0.3, -0.25) is 14.7 Å². The van der Waals surface area contributed by atoms with E-state index < -0.39 is 0 Å². The lowest BCUT2D eigenvalue weighted by atomic mass is 9.89. The lowest BCUT2D eigenvalue weighted by molar-refractivity contribution is -0.121. The van der Waals surface area contributed by atoms with E-state index in [9.17, 15) is 9.59 Å². The highest BCUT2D eigenvalue weighted by atomic mass is 16.2. The molecule has 0 saturated heterocycles. The number of nitrogens with zero attached hydrogens (tertiary/aromatic N) is 1. The second-order valence-corrected chi connectivity index (χ2v) is 6.31. The molecule has 0 spiro atoms. The van der Waals surface area contributed by atoms with E-state index in [1.807, 2.05) is 42.5 Å². The lowest BCUT2D eigenvalue weighted by Crippen LogP contribution is -2.30. The van der Waals surface area contributed by atoms with Gasteiger partial charge in [0.05, 0.1) is 11.7 Å². The number of amides is 2. The van der Waals surface area contributed by atoms with Crippen LogP contribution in [0.15, 0.2) is 48.7 Å². The highest BCUT2D eigenvalue weighted by Gasteiger charge is 2.26. The fourth-order valence-corrected chi connectivity index (χ4v) is 3.20. The minimum atomic E-state index is -0.169. The number of hydrogen-bond acceptors (Lipinski definition) is 3. The van der Waals surface area contributed by atoms with Gasteiger partial charge in [-0.1, -0.05) is 18.2 Å². The number of carbonyl (C=O) groups is 2. The molecule has 2 amide bonds. The van der Waals surface area contributed by atoms with Gasteiger partial charge in [0.1, 0.15) is 0 Å². The van der Waals surface area contributed by atoms with E-state index >= 15 is 0 Å². The number of benzene rings is 2. The molecule has 0 fully saturated rings. The summed E-state index contributed by atoms with van der Waals surface area (Å²) in [7, 11) is 0. The van der Waals surface area contributed by atoms with Crippen LogP contribution in [0.3, 0.4) is 0 Å². The van der Waals surface area contributed by atoms with Crippen LogP contribution in [0, 0.1) is 5.92 Å². The van der Waals surface area contributed by atoms with Gasteiger partial charge >= 0.3 is 0 Å². The molecule has 25 heavy (non-hydrogen) atoms. The average molecular weight is 334 g/mol. The summed E-state index contributed by atoms with van der Waals surface area (Å²) >= 11 is 0. The number of fused-ring (bicyclic) bond motifs is 2. The summed E-state index contributed by atoms with van der Waals surface area (Å²) < 4.78 is 0. The summed E-state index contributed by atoms with van der Waals surface area (Å²) in [5.74, 6) is -0.266. The maximum atomic E-state index is 12.2. The van der Waals surface area contributed by atoms with Crippen LogP contribution in [-0.4, -0.2) is 22.0 Å². The number of anilines is 2. The van der Waals surface area contributed by atoms with E-state index in [1.165, 1.54) is 0 Å². The van der Waals surface area contributed by atoms with Crippen molar-refractivity contribution >= 4 is 34.1 Å². The van der Waals surface area contributed by atoms with Crippen molar-refractivity contribution in [3.8, 4) is 0 Å². The first-order valence-corrected chi connectivity index (χ1v) is 8.31. The van der Waals surface area contributed by atoms with Gasteiger partial charge in [0.15, 0.2) is 0 Å². The number of H-pyrrole nitrogens is 1. The van der Waals surface area contributed by atoms with E-state index in [0.29, 0.717) is 19.3 Å². The first-order chi connectivity index (χ1) is 12.2. The number of aromatic amines is 1. The van der Waals surface area contributed by atoms with Gasteiger partial charge in [-0.2, -0.15) is 5.10 Å². The van der Waals surface area contributed by atoms with E-state index in [-0.39, 0.29) is 17.7 Å². The molecule has 6 nitrogen and oxygen atoms in total. The van der Waals surface area contributed by atoms with Crippen molar-refractivity contribution in [1.29, 1.82) is 0 Å². The monoisotopic (exact) mass is 334 g/mol. The van der Waals surface area contributed by atoms with Gasteiger partial charge in [0.2, 0.25) is 11.8 Å². The molecule has 4 rings (SSSR count). The molecule has 3 N–H and O–H groups in total. The predicted molar refractivity (Wildman–Crippen MR) is 96.2 cm³/mol. The lowest BCUT2D eigenvalue weighted by Gasteiger charge is -2.24. The van der Waals surface area contributed by atoms with Crippen molar-refractivity contribution in [2.45, 2.75) is 19.3 Å². The van der Waals surface area contributed by atoms with Crippen LogP contribution in [0.1, 0.15) is 18.4 Å². The summed E-state index contributed by atoms with van der Waals surface area (Å²) in [6.07, 6.45) is 3.23. The molecule has 3 aromatic rings. The van der Waals surface area contributed by atoms with Crippen molar-refractivity contribution in [1.82, 2.24) is 10.2 Å². The van der Waals surface area contributed by atoms with E-state index in [4.69, 9.17) is 0 Å². The van der Waals surface area contributed by atoms with Crippen molar-refractivity contribution < 1.29 is 9.59 Å². The zero-order valence-electron chi connectivity index (χ0n) is 13.6. The highest BCUT2D eigenvalue weighted by Crippen LogP contribution is 2.27. The SMILES string of the molecule is O=C(CCC1Cc2ccccc2NC1=O)Nc1ccc2[nH]ncc2c1. The second-order valence-electron chi connectivity index (χ2n) is 6.31. The molecule has 0 aliphatic carbocycles. The average Bonchev–Trinajstić information content (AvgIpc) is 3.07. The molecular weight excluding hydrogens is 316 g/mol. The van der Waals surface area contributed by atoms with Gasteiger partial charge < -0.3 is 10.6 Å². The highest BCUT2D eigenvalue weighted by molar-refractivity contribution is 5.97. The van der Waals surface area contributed by atoms with E-state index in [0.717, 1.165) is 27.8 Å². The first-order valence-electron chi connectivity index (χ1n) is 8.31. The number of hydrogen-bond donors (Lipinski definition) is 3. The van der Waals surface area contributed by atoms with E-state index in [2.05, 4.69) is 20.8 Å². The minimum Gasteiger partial charge on any atom is -0.326 e. The molecule has 2 heterocycles. The quantitative estimate of drug-likeness (QED) is 0.685. The van der Waals surface area contributed by atoms with Crippen molar-refractivity contribution in [3.05, 3.63) is 54.2 Å². The van der Waals surface area contributed by atoms with Gasteiger partial charge in [0.25, 0.3) is 0 Å². The minimum absolute atomic E-state index is 0.00804. The van der Waals surface area contributed by atoms with Gasteiger partial charge in [-0.15, -0.1) is 0 Å². The van der Waals surface area contributed by atoms with Crippen LogP contribution in [0.2, 0.25) is 0 Å². The molecular formula is C19H18N4O2. The number of nitrogens with one attached hydrogen (secondary N) is 3. The Labute approximate surface area is 144 Å². The fourth-order valence-electron chi connectivity index (χ4n) is 3.20. The maximum absolute atomic E-state index is 12.2. The number of carbonyl (C=O) groups excluding carboxylic acids is 2. The first kappa shape index (κ1) is 15.4. The van der Waals surface area contributed by atoms with Crippen LogP contribution < -0.4 is 10.6 Å². The Morgan fingerprint density at radius 3 is 3.04 bits per heavy atom. The third-order valence-electron chi connectivity index (χ3n) is 4.56. The molecule has 1 aliphatic rings. The molecule has 126 valence electrons. The second kappa shape index (κ2) is 6.39. The van der Waals surface area contributed by atoms with Crippen molar-refractivity contribution in [2.24, 2.45) is 5.92 Å². The zero-order chi connectivity index (χ0) is 17.2. The maximum Gasteiger partial charge on any atom is 0.227 e. The van der Waals surface area contributed by atoms with Crippen LogP contribution in [0.25, 0.3) is 10.9 Å². The molecule has 1 atom stereocenters. The number of para-hydroxylation sites is 1. The summed E-state index contributed by atoms with van der Waals surface area (Å²) in [6.45, 7) is 0. The van der Waals surface area contributed by atoms with Crippen LogP contribution >= 0.6 is 0 Å². The normalized spacial score (nSPS) is 16.3. The third kappa shape index (κ3) is 3.24. The summed E-state index contributed by atoms with van der Waals surface area (Å²) in [5.41, 5.74) is 3.66. The molecule has 1 aromatic heterocycles. The Morgan fingerprint density at radius 2 is 2.12 bits per heavy atom. The molecule has 0 bridgehead atoms. The van der Waals surface area contributed by atoms with Crippen LogP contribution in [-0.2, 0) is 16.0 Å².